The Hall–Kier alpha value is -1.76. The standard InChI is InChI=1S/C13H19FN4O2/c1-3-10-12(14)13(16-9-15-10)17(2)8-11(19)18-4-6-20-7-5-18/h9H,3-8H2,1-2H3. The van der Waals surface area contributed by atoms with Gasteiger partial charge in [-0.1, -0.05) is 6.92 Å². The Morgan fingerprint density at radius 3 is 2.80 bits per heavy atom. The van der Waals surface area contributed by atoms with Crippen molar-refractivity contribution in [3.8, 4) is 0 Å². The van der Waals surface area contributed by atoms with Crippen molar-refractivity contribution in [1.82, 2.24) is 14.9 Å². The first kappa shape index (κ1) is 14.6. The SMILES string of the molecule is CCc1ncnc(N(C)CC(=O)N2CCOCC2)c1F. The molecule has 1 aliphatic rings. The second kappa shape index (κ2) is 6.60. The first-order valence-corrected chi connectivity index (χ1v) is 6.69. The van der Waals surface area contributed by atoms with Gasteiger partial charge in [-0.15, -0.1) is 0 Å². The molecule has 110 valence electrons. The van der Waals surface area contributed by atoms with Gasteiger partial charge in [-0.2, -0.15) is 0 Å². The van der Waals surface area contributed by atoms with Crippen LogP contribution >= 0.6 is 0 Å². The number of aryl methyl sites for hydroxylation is 1. The van der Waals surface area contributed by atoms with E-state index in [0.29, 0.717) is 38.4 Å². The normalized spacial score (nSPS) is 15.2. The van der Waals surface area contributed by atoms with Crippen LogP contribution < -0.4 is 4.90 Å². The van der Waals surface area contributed by atoms with Gasteiger partial charge in [0.25, 0.3) is 0 Å². The lowest BCUT2D eigenvalue weighted by molar-refractivity contribution is -0.133. The van der Waals surface area contributed by atoms with Crippen molar-refractivity contribution in [3.05, 3.63) is 17.8 Å². The maximum Gasteiger partial charge on any atom is 0.242 e. The summed E-state index contributed by atoms with van der Waals surface area (Å²) in [6.45, 7) is 4.19. The zero-order valence-electron chi connectivity index (χ0n) is 11.8. The van der Waals surface area contributed by atoms with Crippen LogP contribution in [-0.2, 0) is 16.0 Å². The third-order valence-electron chi connectivity index (χ3n) is 3.28. The van der Waals surface area contributed by atoms with Gasteiger partial charge in [-0.25, -0.2) is 14.4 Å². The van der Waals surface area contributed by atoms with Gasteiger partial charge in [-0.05, 0) is 6.42 Å². The minimum absolute atomic E-state index is 0.0492. The number of likely N-dealkylation sites (N-methyl/N-ethyl adjacent to an activating group) is 1. The van der Waals surface area contributed by atoms with E-state index in [1.807, 2.05) is 6.92 Å². The first-order valence-electron chi connectivity index (χ1n) is 6.69. The molecule has 0 radical (unpaired) electrons. The number of anilines is 1. The number of carbonyl (C=O) groups excluding carboxylic acids is 1. The Balaban J connectivity index is 2.04. The average molecular weight is 282 g/mol. The zero-order valence-corrected chi connectivity index (χ0v) is 11.8. The fourth-order valence-electron chi connectivity index (χ4n) is 2.10. The molecule has 1 fully saturated rings. The first-order chi connectivity index (χ1) is 9.63. The number of amides is 1. The Bertz CT molecular complexity index is 477. The highest BCUT2D eigenvalue weighted by molar-refractivity contribution is 5.81. The minimum atomic E-state index is -0.452. The molecule has 0 bridgehead atoms. The van der Waals surface area contributed by atoms with Crippen LogP contribution in [0, 0.1) is 5.82 Å². The van der Waals surface area contributed by atoms with Crippen molar-refractivity contribution in [2.45, 2.75) is 13.3 Å². The van der Waals surface area contributed by atoms with E-state index in [9.17, 15) is 9.18 Å². The van der Waals surface area contributed by atoms with Gasteiger partial charge in [0.15, 0.2) is 11.6 Å². The summed E-state index contributed by atoms with van der Waals surface area (Å²) in [7, 11) is 1.66. The molecule has 0 aromatic carbocycles. The van der Waals surface area contributed by atoms with Gasteiger partial charge in [-0.3, -0.25) is 4.79 Å². The molecule has 1 saturated heterocycles. The molecule has 0 aliphatic carbocycles. The van der Waals surface area contributed by atoms with Crippen molar-refractivity contribution in [3.63, 3.8) is 0 Å². The number of rotatable bonds is 4. The molecule has 1 aliphatic heterocycles. The molecule has 1 aromatic rings. The summed E-state index contributed by atoms with van der Waals surface area (Å²) in [4.78, 5) is 23.2. The van der Waals surface area contributed by atoms with Crippen molar-refractivity contribution < 1.29 is 13.9 Å². The lowest BCUT2D eigenvalue weighted by atomic mass is 10.3. The maximum absolute atomic E-state index is 14.1. The van der Waals surface area contributed by atoms with Crippen molar-refractivity contribution >= 4 is 11.7 Å². The molecule has 2 heterocycles. The fraction of sp³-hybridized carbons (Fsp3) is 0.615. The number of carbonyl (C=O) groups is 1. The van der Waals surface area contributed by atoms with Gasteiger partial charge < -0.3 is 14.5 Å². The fourth-order valence-corrected chi connectivity index (χ4v) is 2.10. The van der Waals surface area contributed by atoms with Gasteiger partial charge in [0, 0.05) is 20.1 Å². The number of hydrogen-bond acceptors (Lipinski definition) is 5. The highest BCUT2D eigenvalue weighted by Gasteiger charge is 2.21. The molecule has 0 spiro atoms. The molecule has 1 amide bonds. The molecule has 0 N–H and O–H groups in total. The summed E-state index contributed by atoms with van der Waals surface area (Å²) in [5, 5.41) is 0. The quantitative estimate of drug-likeness (QED) is 0.803. The van der Waals surface area contributed by atoms with Crippen LogP contribution in [0.4, 0.5) is 10.2 Å². The van der Waals surface area contributed by atoms with Crippen LogP contribution in [0.3, 0.4) is 0 Å². The van der Waals surface area contributed by atoms with Crippen LogP contribution in [0.1, 0.15) is 12.6 Å². The van der Waals surface area contributed by atoms with Crippen molar-refractivity contribution in [2.24, 2.45) is 0 Å². The topological polar surface area (TPSA) is 58.6 Å². The predicted molar refractivity (Wildman–Crippen MR) is 72.0 cm³/mol. The Morgan fingerprint density at radius 2 is 2.15 bits per heavy atom. The van der Waals surface area contributed by atoms with Crippen LogP contribution in [0.5, 0.6) is 0 Å². The highest BCUT2D eigenvalue weighted by atomic mass is 19.1. The lowest BCUT2D eigenvalue weighted by Crippen LogP contribution is -2.45. The molecule has 6 nitrogen and oxygen atoms in total. The predicted octanol–water partition coefficient (Wildman–Crippen LogP) is 0.473. The summed E-state index contributed by atoms with van der Waals surface area (Å²) in [6.07, 6.45) is 1.82. The van der Waals surface area contributed by atoms with Gasteiger partial charge in [0.1, 0.15) is 6.33 Å². The van der Waals surface area contributed by atoms with E-state index in [2.05, 4.69) is 9.97 Å². The summed E-state index contributed by atoms with van der Waals surface area (Å²) in [5.74, 6) is -0.336. The summed E-state index contributed by atoms with van der Waals surface area (Å²) in [6, 6.07) is 0. The largest absolute Gasteiger partial charge is 0.378 e. The molecule has 0 unspecified atom stereocenters. The van der Waals surface area contributed by atoms with E-state index >= 15 is 0 Å². The van der Waals surface area contributed by atoms with Crippen LogP contribution in [0.15, 0.2) is 6.33 Å². The van der Waals surface area contributed by atoms with Crippen LogP contribution in [0.25, 0.3) is 0 Å². The Kier molecular flexibility index (Phi) is 4.84. The van der Waals surface area contributed by atoms with Gasteiger partial charge >= 0.3 is 0 Å². The van der Waals surface area contributed by atoms with E-state index in [1.54, 1.807) is 11.9 Å². The number of nitrogens with zero attached hydrogens (tertiary/aromatic N) is 4. The maximum atomic E-state index is 14.1. The van der Waals surface area contributed by atoms with Gasteiger partial charge in [0.05, 0.1) is 25.5 Å². The summed E-state index contributed by atoms with van der Waals surface area (Å²) in [5.41, 5.74) is 0.362. The third-order valence-corrected chi connectivity index (χ3v) is 3.28. The number of hydrogen-bond donors (Lipinski definition) is 0. The lowest BCUT2D eigenvalue weighted by Gasteiger charge is -2.29. The highest BCUT2D eigenvalue weighted by Crippen LogP contribution is 2.17. The minimum Gasteiger partial charge on any atom is -0.378 e. The summed E-state index contributed by atoms with van der Waals surface area (Å²) >= 11 is 0. The molecule has 1 aromatic heterocycles. The second-order valence-electron chi connectivity index (χ2n) is 4.66. The van der Waals surface area contributed by atoms with E-state index in [-0.39, 0.29) is 18.3 Å². The number of morpholine rings is 1. The molecule has 7 heteroatoms. The molecule has 20 heavy (non-hydrogen) atoms. The van der Waals surface area contributed by atoms with Gasteiger partial charge in [0.2, 0.25) is 5.91 Å². The second-order valence-corrected chi connectivity index (χ2v) is 4.66. The van der Waals surface area contributed by atoms with E-state index in [4.69, 9.17) is 4.74 Å². The van der Waals surface area contributed by atoms with Crippen molar-refractivity contribution in [2.75, 3.05) is 44.8 Å². The number of halogens is 1. The summed E-state index contributed by atoms with van der Waals surface area (Å²) < 4.78 is 19.3. The van der Waals surface area contributed by atoms with E-state index in [0.717, 1.165) is 0 Å². The average Bonchev–Trinajstić information content (AvgIpc) is 2.48. The van der Waals surface area contributed by atoms with Crippen molar-refractivity contribution in [1.29, 1.82) is 0 Å². The zero-order chi connectivity index (χ0) is 14.5. The Morgan fingerprint density at radius 1 is 1.45 bits per heavy atom. The number of ether oxygens (including phenoxy) is 1. The molecule has 0 atom stereocenters. The molecular weight excluding hydrogens is 263 g/mol. The van der Waals surface area contributed by atoms with Crippen LogP contribution in [0.2, 0.25) is 0 Å². The smallest absolute Gasteiger partial charge is 0.242 e. The molecular formula is C13H19FN4O2. The molecule has 0 saturated carbocycles. The monoisotopic (exact) mass is 282 g/mol. The third kappa shape index (κ3) is 3.22. The number of aromatic nitrogens is 2. The van der Waals surface area contributed by atoms with E-state index in [1.165, 1.54) is 11.2 Å². The van der Waals surface area contributed by atoms with Crippen LogP contribution in [-0.4, -0.2) is 60.7 Å². The Labute approximate surface area is 117 Å². The van der Waals surface area contributed by atoms with E-state index < -0.39 is 5.82 Å². The molecule has 2 rings (SSSR count).